The fourth-order valence-corrected chi connectivity index (χ4v) is 5.07. The Kier molecular flexibility index (Phi) is 9.57. The summed E-state index contributed by atoms with van der Waals surface area (Å²) in [4.78, 5) is 29.3. The number of carbonyl (C=O) groups excluding carboxylic acids is 2. The molecule has 2 aromatic carbocycles. The molecule has 218 valence electrons. The quantitative estimate of drug-likeness (QED) is 0.368. The summed E-state index contributed by atoms with van der Waals surface area (Å²) >= 11 is 0. The van der Waals surface area contributed by atoms with Gasteiger partial charge >= 0.3 is 0 Å². The van der Waals surface area contributed by atoms with Crippen LogP contribution in [0.1, 0.15) is 45.6 Å². The lowest BCUT2D eigenvalue weighted by Crippen LogP contribution is -2.54. The summed E-state index contributed by atoms with van der Waals surface area (Å²) < 4.78 is 28.4. The predicted molar refractivity (Wildman–Crippen MR) is 155 cm³/mol. The van der Waals surface area contributed by atoms with Crippen molar-refractivity contribution in [3.05, 3.63) is 88.9 Å². The molecule has 2 heterocycles. The number of nitrogens with one attached hydrogen (secondary N) is 1. The lowest BCUT2D eigenvalue weighted by molar-refractivity contribution is -0.130. The molecule has 1 N–H and O–H groups in total. The van der Waals surface area contributed by atoms with Crippen LogP contribution in [0.15, 0.2) is 55.3 Å². The van der Waals surface area contributed by atoms with Crippen molar-refractivity contribution in [3.63, 3.8) is 0 Å². The van der Waals surface area contributed by atoms with Crippen molar-refractivity contribution in [3.8, 4) is 5.75 Å². The summed E-state index contributed by atoms with van der Waals surface area (Å²) in [5.41, 5.74) is 3.13. The average Bonchev–Trinajstić information content (AvgIpc) is 3.35. The summed E-state index contributed by atoms with van der Waals surface area (Å²) in [6, 6.07) is 10.4. The minimum Gasteiger partial charge on any atom is -0.484 e. The highest BCUT2D eigenvalue weighted by Crippen LogP contribution is 2.31. The first-order chi connectivity index (χ1) is 19.6. The number of nitrogens with zero attached hydrogens (tertiary/aromatic N) is 4. The molecule has 1 aliphatic rings. The molecule has 1 fully saturated rings. The Morgan fingerprint density at radius 2 is 1.98 bits per heavy atom. The molecule has 41 heavy (non-hydrogen) atoms. The topological polar surface area (TPSA) is 88.9 Å². The maximum Gasteiger partial charge on any atom is 0.257 e. The van der Waals surface area contributed by atoms with Gasteiger partial charge in [-0.15, -0.1) is 0 Å². The third kappa shape index (κ3) is 7.20. The van der Waals surface area contributed by atoms with Gasteiger partial charge in [0.15, 0.2) is 5.82 Å². The Hall–Kier alpha value is -4.02. The number of rotatable bonds is 10. The van der Waals surface area contributed by atoms with E-state index in [4.69, 9.17) is 9.47 Å². The van der Waals surface area contributed by atoms with Crippen molar-refractivity contribution in [2.75, 3.05) is 38.6 Å². The van der Waals surface area contributed by atoms with Gasteiger partial charge in [-0.2, -0.15) is 5.10 Å². The van der Waals surface area contributed by atoms with Gasteiger partial charge in [0.25, 0.3) is 5.91 Å². The Labute approximate surface area is 240 Å². The summed E-state index contributed by atoms with van der Waals surface area (Å²) in [5.74, 6) is 0.329. The molecule has 1 aliphatic heterocycles. The average molecular weight is 564 g/mol. The van der Waals surface area contributed by atoms with Gasteiger partial charge < -0.3 is 19.7 Å². The second kappa shape index (κ2) is 13.1. The van der Waals surface area contributed by atoms with E-state index in [0.717, 1.165) is 0 Å². The van der Waals surface area contributed by atoms with E-state index in [0.29, 0.717) is 65.6 Å². The van der Waals surface area contributed by atoms with E-state index in [9.17, 15) is 14.0 Å². The van der Waals surface area contributed by atoms with Crippen LogP contribution in [0.2, 0.25) is 0 Å². The van der Waals surface area contributed by atoms with Gasteiger partial charge in [-0.1, -0.05) is 18.7 Å². The molecule has 2 atom stereocenters. The number of ether oxygens (including phenoxy) is 2. The van der Waals surface area contributed by atoms with Crippen molar-refractivity contribution in [1.82, 2.24) is 19.6 Å². The highest BCUT2D eigenvalue weighted by atomic mass is 19.1. The van der Waals surface area contributed by atoms with Crippen LogP contribution in [0.4, 0.5) is 10.2 Å². The van der Waals surface area contributed by atoms with Gasteiger partial charge in [0, 0.05) is 69.8 Å². The minimum absolute atomic E-state index is 0.00662. The number of hydrogen-bond acceptors (Lipinski definition) is 6. The molecule has 10 heteroatoms. The van der Waals surface area contributed by atoms with Crippen molar-refractivity contribution >= 4 is 17.6 Å². The summed E-state index contributed by atoms with van der Waals surface area (Å²) in [7, 11) is 3.36. The first-order valence-corrected chi connectivity index (χ1v) is 13.6. The minimum atomic E-state index is -0.512. The molecule has 0 unspecified atom stereocenters. The Bertz CT molecular complexity index is 1420. The molecule has 0 radical (unpaired) electrons. The van der Waals surface area contributed by atoms with Crippen molar-refractivity contribution in [1.29, 1.82) is 0 Å². The molecule has 3 aromatic rings. The number of aryl methyl sites for hydroxylation is 3. The number of benzene rings is 2. The summed E-state index contributed by atoms with van der Waals surface area (Å²) in [5, 5.41) is 7.05. The van der Waals surface area contributed by atoms with E-state index in [1.807, 2.05) is 26.0 Å². The largest absolute Gasteiger partial charge is 0.484 e. The van der Waals surface area contributed by atoms with Crippen LogP contribution in [-0.2, 0) is 23.2 Å². The molecule has 9 nitrogen and oxygen atoms in total. The number of aromatic nitrogens is 2. The van der Waals surface area contributed by atoms with Crippen LogP contribution in [0.25, 0.3) is 0 Å². The van der Waals surface area contributed by atoms with Gasteiger partial charge in [0.1, 0.15) is 17.7 Å². The normalized spacial score (nSPS) is 16.3. The standard InChI is InChI=1S/C31H38FN5O4/c1-7-30(38)37-13-12-36(17-22(37)4)18-28(23-9-8-20(2)26(32)16-23)41-27-14-21(3)25(15-24(27)19-40-6)31(39)33-29-10-11-35(5)34-29/h7-11,14-16,22,28H,1,12-13,17-19H2,2-6H3,(H,33,34,39)/t22-,28-/m1/s1. The molecule has 0 bridgehead atoms. The van der Waals surface area contributed by atoms with E-state index in [-0.39, 0.29) is 30.3 Å². The van der Waals surface area contributed by atoms with Crippen molar-refractivity contribution < 1.29 is 23.5 Å². The number of anilines is 1. The zero-order chi connectivity index (χ0) is 29.7. The summed E-state index contributed by atoms with van der Waals surface area (Å²) in [6.07, 6.45) is 2.58. The maximum absolute atomic E-state index is 14.7. The highest BCUT2D eigenvalue weighted by Gasteiger charge is 2.29. The van der Waals surface area contributed by atoms with Crippen molar-refractivity contribution in [2.45, 2.75) is 39.5 Å². The van der Waals surface area contributed by atoms with Crippen LogP contribution in [0.5, 0.6) is 5.75 Å². The van der Waals surface area contributed by atoms with Gasteiger partial charge in [0.05, 0.1) is 6.61 Å². The number of carbonyl (C=O) groups is 2. The molecule has 0 spiro atoms. The molecule has 1 saturated heterocycles. The van der Waals surface area contributed by atoms with Crippen LogP contribution in [0, 0.1) is 19.7 Å². The predicted octanol–water partition coefficient (Wildman–Crippen LogP) is 4.41. The Morgan fingerprint density at radius 1 is 1.20 bits per heavy atom. The third-order valence-electron chi connectivity index (χ3n) is 7.34. The molecule has 0 saturated carbocycles. The summed E-state index contributed by atoms with van der Waals surface area (Å²) in [6.45, 7) is 11.7. The smallest absolute Gasteiger partial charge is 0.257 e. The molecule has 1 aromatic heterocycles. The Balaban J connectivity index is 1.62. The van der Waals surface area contributed by atoms with Crippen LogP contribution in [-0.4, -0.2) is 70.7 Å². The van der Waals surface area contributed by atoms with Gasteiger partial charge in [-0.25, -0.2) is 4.39 Å². The molecule has 4 rings (SSSR count). The second-order valence-corrected chi connectivity index (χ2v) is 10.5. The number of piperazine rings is 1. The van der Waals surface area contributed by atoms with E-state index in [1.54, 1.807) is 55.1 Å². The molecule has 0 aliphatic carbocycles. The SMILES string of the molecule is C=CC(=O)N1CCN(C[C@@H](Oc2cc(C)c(C(=O)Nc3ccn(C)n3)cc2COC)c2ccc(C)c(F)c2)C[C@H]1C. The van der Waals surface area contributed by atoms with E-state index in [1.165, 1.54) is 12.1 Å². The lowest BCUT2D eigenvalue weighted by atomic mass is 10.0. The van der Waals surface area contributed by atoms with Gasteiger partial charge in [-0.3, -0.25) is 19.2 Å². The zero-order valence-corrected chi connectivity index (χ0v) is 24.3. The highest BCUT2D eigenvalue weighted by molar-refractivity contribution is 6.05. The number of methoxy groups -OCH3 is 1. The third-order valence-corrected chi connectivity index (χ3v) is 7.34. The zero-order valence-electron chi connectivity index (χ0n) is 24.3. The van der Waals surface area contributed by atoms with Crippen LogP contribution < -0.4 is 10.1 Å². The number of halogens is 1. The number of amides is 2. The van der Waals surface area contributed by atoms with E-state index >= 15 is 0 Å². The fraction of sp³-hybridized carbons (Fsp3) is 0.387. The van der Waals surface area contributed by atoms with Gasteiger partial charge in [0.2, 0.25) is 5.91 Å². The first kappa shape index (κ1) is 30.0. The monoisotopic (exact) mass is 563 g/mol. The van der Waals surface area contributed by atoms with Gasteiger partial charge in [-0.05, 0) is 61.7 Å². The van der Waals surface area contributed by atoms with Crippen LogP contribution in [0.3, 0.4) is 0 Å². The van der Waals surface area contributed by atoms with E-state index < -0.39 is 6.10 Å². The Morgan fingerprint density at radius 3 is 2.61 bits per heavy atom. The second-order valence-electron chi connectivity index (χ2n) is 10.5. The molecular weight excluding hydrogens is 525 g/mol. The van der Waals surface area contributed by atoms with E-state index in [2.05, 4.69) is 21.9 Å². The van der Waals surface area contributed by atoms with Crippen LogP contribution >= 0.6 is 0 Å². The maximum atomic E-state index is 14.7. The number of hydrogen-bond donors (Lipinski definition) is 1. The first-order valence-electron chi connectivity index (χ1n) is 13.6. The van der Waals surface area contributed by atoms with Crippen molar-refractivity contribution in [2.24, 2.45) is 7.05 Å². The lowest BCUT2D eigenvalue weighted by Gasteiger charge is -2.40. The molecular formula is C31H38FN5O4. The fourth-order valence-electron chi connectivity index (χ4n) is 5.07. The molecule has 2 amide bonds.